The van der Waals surface area contributed by atoms with E-state index in [0.717, 1.165) is 51.9 Å². The average Bonchev–Trinajstić information content (AvgIpc) is 3.05. The third-order valence-corrected chi connectivity index (χ3v) is 7.23. The molecule has 5 aromatic rings. The first-order chi connectivity index (χ1) is 19.8. The van der Waals surface area contributed by atoms with Crippen molar-refractivity contribution >= 4 is 28.3 Å². The van der Waals surface area contributed by atoms with Gasteiger partial charge in [-0.3, -0.25) is 0 Å². The molecule has 5 aromatic carbocycles. The van der Waals surface area contributed by atoms with E-state index in [4.69, 9.17) is 9.98 Å². The normalized spacial score (nSPS) is 16.4. The van der Waals surface area contributed by atoms with Gasteiger partial charge in [-0.25, -0.2) is 15.0 Å². The van der Waals surface area contributed by atoms with E-state index >= 15 is 0 Å². The van der Waals surface area contributed by atoms with Crippen molar-refractivity contribution in [2.24, 2.45) is 15.0 Å². The lowest BCUT2D eigenvalue weighted by Gasteiger charge is -2.24. The van der Waals surface area contributed by atoms with E-state index in [1.807, 2.05) is 48.7 Å². The molecule has 1 atom stereocenters. The predicted octanol–water partition coefficient (Wildman–Crippen LogP) is 6.87. The largest absolute Gasteiger partial charge is 0.366 e. The third kappa shape index (κ3) is 4.58. The summed E-state index contributed by atoms with van der Waals surface area (Å²) in [4.78, 5) is 14.5. The summed E-state index contributed by atoms with van der Waals surface area (Å²) in [6, 6.07) is 41.9. The van der Waals surface area contributed by atoms with Crippen LogP contribution in [0.15, 0.2) is 149 Å². The molecule has 7 rings (SSSR count). The highest BCUT2D eigenvalue weighted by molar-refractivity contribution is 6.14. The highest BCUT2D eigenvalue weighted by atomic mass is 15.2. The van der Waals surface area contributed by atoms with Crippen LogP contribution >= 0.6 is 0 Å². The summed E-state index contributed by atoms with van der Waals surface area (Å²) in [6.07, 6.45) is 3.63. The number of amidine groups is 3. The molecule has 0 aliphatic carbocycles. The molecule has 5 heteroatoms. The number of fused-ring (bicyclic) bond motifs is 1. The predicted molar refractivity (Wildman–Crippen MR) is 165 cm³/mol. The van der Waals surface area contributed by atoms with Crippen molar-refractivity contribution < 1.29 is 0 Å². The van der Waals surface area contributed by atoms with Crippen molar-refractivity contribution in [1.29, 1.82) is 0 Å². The van der Waals surface area contributed by atoms with Crippen LogP contribution in [0.1, 0.15) is 28.4 Å². The summed E-state index contributed by atoms with van der Waals surface area (Å²) >= 11 is 0. The van der Waals surface area contributed by atoms with Crippen molar-refractivity contribution in [1.82, 2.24) is 10.6 Å². The molecule has 1 unspecified atom stereocenters. The third-order valence-electron chi connectivity index (χ3n) is 7.23. The van der Waals surface area contributed by atoms with Crippen molar-refractivity contribution in [3.05, 3.63) is 156 Å². The van der Waals surface area contributed by atoms with Gasteiger partial charge in [-0.2, -0.15) is 0 Å². The molecule has 0 spiro atoms. The summed E-state index contributed by atoms with van der Waals surface area (Å²) in [5.74, 6) is 2.45. The minimum Gasteiger partial charge on any atom is -0.366 e. The van der Waals surface area contributed by atoms with E-state index in [-0.39, 0.29) is 6.17 Å². The van der Waals surface area contributed by atoms with Crippen LogP contribution in [-0.4, -0.2) is 24.1 Å². The topological polar surface area (TPSA) is 61.1 Å². The Bertz CT molecular complexity index is 1800. The monoisotopic (exact) mass is 517 g/mol. The molecule has 40 heavy (non-hydrogen) atoms. The van der Waals surface area contributed by atoms with Crippen LogP contribution in [-0.2, 0) is 0 Å². The Kier molecular flexibility index (Phi) is 6.23. The SMILES string of the molecule is C1=CN=C(c2ccc(-c3ccc(C4N=C(c5ccccc5)N=C(c5ccccc5)N4)cc3)c3ccccc23)NC1. The van der Waals surface area contributed by atoms with Gasteiger partial charge in [-0.1, -0.05) is 121 Å². The number of nitrogens with zero attached hydrogens (tertiary/aromatic N) is 3. The summed E-state index contributed by atoms with van der Waals surface area (Å²) < 4.78 is 0. The fourth-order valence-corrected chi connectivity index (χ4v) is 5.23. The summed E-state index contributed by atoms with van der Waals surface area (Å²) in [7, 11) is 0. The number of hydrogen-bond donors (Lipinski definition) is 2. The summed E-state index contributed by atoms with van der Waals surface area (Å²) in [6.45, 7) is 0.788. The highest BCUT2D eigenvalue weighted by Crippen LogP contribution is 2.32. The van der Waals surface area contributed by atoms with E-state index in [1.54, 1.807) is 0 Å². The molecule has 0 fully saturated rings. The Morgan fingerprint density at radius 2 is 1.23 bits per heavy atom. The quantitative estimate of drug-likeness (QED) is 0.267. The molecule has 2 aliphatic heterocycles. The average molecular weight is 518 g/mol. The Hall–Kier alpha value is -5.29. The molecular formula is C35H27N5. The van der Waals surface area contributed by atoms with Crippen LogP contribution in [0.2, 0.25) is 0 Å². The summed E-state index contributed by atoms with van der Waals surface area (Å²) in [5, 5.41) is 9.33. The standard InChI is InChI=1S/C35H27N5/c1-3-10-25(11-4-1)32-38-33(26-12-5-2-6-13-26)40-34(39-32)27-18-16-24(17-19-27)28-20-21-31(35-36-22-9-23-37-35)30-15-8-7-14-29(28)30/h1-22,34H,23H2,(H,36,37)(H,38,39,40). The molecule has 0 saturated carbocycles. The van der Waals surface area contributed by atoms with Crippen LogP contribution in [0.3, 0.4) is 0 Å². The Balaban J connectivity index is 1.25. The first kappa shape index (κ1) is 23.8. The van der Waals surface area contributed by atoms with Gasteiger partial charge in [0.15, 0.2) is 5.84 Å². The van der Waals surface area contributed by atoms with Crippen molar-refractivity contribution in [3.63, 3.8) is 0 Å². The van der Waals surface area contributed by atoms with Gasteiger partial charge in [0.2, 0.25) is 0 Å². The van der Waals surface area contributed by atoms with E-state index < -0.39 is 0 Å². The van der Waals surface area contributed by atoms with Crippen molar-refractivity contribution in [3.8, 4) is 11.1 Å². The maximum atomic E-state index is 5.01. The molecule has 5 nitrogen and oxygen atoms in total. The van der Waals surface area contributed by atoms with Crippen LogP contribution in [0.4, 0.5) is 0 Å². The van der Waals surface area contributed by atoms with E-state index in [9.17, 15) is 0 Å². The molecule has 2 N–H and O–H groups in total. The molecular weight excluding hydrogens is 490 g/mol. The Morgan fingerprint density at radius 3 is 1.93 bits per heavy atom. The van der Waals surface area contributed by atoms with Crippen LogP contribution in [0.25, 0.3) is 21.9 Å². The minimum atomic E-state index is -0.250. The lowest BCUT2D eigenvalue weighted by molar-refractivity contribution is 0.674. The van der Waals surface area contributed by atoms with Crippen LogP contribution < -0.4 is 10.6 Å². The van der Waals surface area contributed by atoms with Gasteiger partial charge in [-0.15, -0.1) is 0 Å². The van der Waals surface area contributed by atoms with Crippen molar-refractivity contribution in [2.75, 3.05) is 6.54 Å². The Morgan fingerprint density at radius 1 is 0.575 bits per heavy atom. The number of nitrogens with one attached hydrogen (secondary N) is 2. The molecule has 0 saturated heterocycles. The fourth-order valence-electron chi connectivity index (χ4n) is 5.23. The van der Waals surface area contributed by atoms with Crippen molar-refractivity contribution in [2.45, 2.75) is 6.17 Å². The maximum Gasteiger partial charge on any atom is 0.159 e. The number of hydrogen-bond acceptors (Lipinski definition) is 5. The first-order valence-electron chi connectivity index (χ1n) is 13.5. The first-order valence-corrected chi connectivity index (χ1v) is 13.5. The maximum absolute atomic E-state index is 5.01. The van der Waals surface area contributed by atoms with E-state index in [1.165, 1.54) is 16.3 Å². The van der Waals surface area contributed by atoms with Gasteiger partial charge < -0.3 is 10.6 Å². The second-order valence-electron chi connectivity index (χ2n) is 9.76. The number of aliphatic imine (C=N–C) groups is 3. The number of benzene rings is 5. The molecule has 0 bridgehead atoms. The molecule has 0 amide bonds. The van der Waals surface area contributed by atoms with Crippen LogP contribution in [0, 0.1) is 0 Å². The van der Waals surface area contributed by atoms with Gasteiger partial charge in [0, 0.05) is 29.4 Å². The van der Waals surface area contributed by atoms with Gasteiger partial charge in [-0.05, 0) is 33.5 Å². The lowest BCUT2D eigenvalue weighted by atomic mass is 9.93. The lowest BCUT2D eigenvalue weighted by Crippen LogP contribution is -2.33. The zero-order valence-electron chi connectivity index (χ0n) is 21.8. The number of rotatable bonds is 5. The van der Waals surface area contributed by atoms with E-state index in [2.05, 4.69) is 101 Å². The second-order valence-corrected chi connectivity index (χ2v) is 9.76. The van der Waals surface area contributed by atoms with Gasteiger partial charge >= 0.3 is 0 Å². The molecule has 0 aromatic heterocycles. The van der Waals surface area contributed by atoms with E-state index in [0.29, 0.717) is 0 Å². The summed E-state index contributed by atoms with van der Waals surface area (Å²) in [5.41, 5.74) is 6.57. The minimum absolute atomic E-state index is 0.250. The molecule has 2 aliphatic rings. The Labute approximate surface area is 233 Å². The highest BCUT2D eigenvalue weighted by Gasteiger charge is 2.21. The molecule has 0 radical (unpaired) electrons. The van der Waals surface area contributed by atoms with Gasteiger partial charge in [0.25, 0.3) is 0 Å². The smallest absolute Gasteiger partial charge is 0.159 e. The molecule has 192 valence electrons. The second kappa shape index (κ2) is 10.5. The van der Waals surface area contributed by atoms with Gasteiger partial charge in [0.05, 0.1) is 0 Å². The van der Waals surface area contributed by atoms with Crippen LogP contribution in [0.5, 0.6) is 0 Å². The fraction of sp³-hybridized carbons (Fsp3) is 0.0571. The zero-order valence-corrected chi connectivity index (χ0v) is 21.8. The molecule has 2 heterocycles. The zero-order chi connectivity index (χ0) is 26.7. The van der Waals surface area contributed by atoms with Gasteiger partial charge in [0.1, 0.15) is 17.8 Å².